The Labute approximate surface area is 209 Å². The number of hydrogen-bond donors (Lipinski definition) is 1. The molecular weight excluding hydrogens is 495 g/mol. The largest absolute Gasteiger partial charge is 0.493 e. The number of nitrogens with zero attached hydrogens (tertiary/aromatic N) is 1. The molecule has 10 heteroatoms. The van der Waals surface area contributed by atoms with E-state index in [1.54, 1.807) is 41.3 Å². The van der Waals surface area contributed by atoms with Crippen molar-refractivity contribution in [1.82, 2.24) is 4.90 Å². The molecule has 0 aliphatic rings. The highest BCUT2D eigenvalue weighted by atomic mass is 35.5. The summed E-state index contributed by atoms with van der Waals surface area (Å²) in [7, 11) is -2.86. The number of rotatable bonds is 9. The minimum absolute atomic E-state index is 0.0475. The molecule has 2 amide bonds. The fraction of sp³-hybridized carbons (Fsp3) is 0.240. The zero-order valence-electron chi connectivity index (χ0n) is 19.5. The van der Waals surface area contributed by atoms with Gasteiger partial charge < -0.3 is 19.1 Å². The molecule has 0 spiro atoms. The Morgan fingerprint density at radius 3 is 2.43 bits per heavy atom. The van der Waals surface area contributed by atoms with Gasteiger partial charge in [-0.05, 0) is 73.5 Å². The first-order valence-electron chi connectivity index (χ1n) is 10.8. The highest BCUT2D eigenvalue weighted by Crippen LogP contribution is 2.32. The second-order valence-electron chi connectivity index (χ2n) is 7.80. The van der Waals surface area contributed by atoms with Crippen molar-refractivity contribution < 1.29 is 26.5 Å². The number of carbonyl (C=O) groups excluding carboxylic acids is 1. The summed E-state index contributed by atoms with van der Waals surface area (Å²) in [6.45, 7) is 4.05. The molecule has 0 saturated carbocycles. The van der Waals surface area contributed by atoms with E-state index in [9.17, 15) is 17.6 Å². The Bertz CT molecular complexity index is 1290. The SMILES string of the molecule is CCC(C)N(Cc1ccc(OC)c(OS(=O)(=O)c2ccc(F)cc2)c1)C(=O)Nc1cccc(Cl)c1. The smallest absolute Gasteiger partial charge is 0.339 e. The standard InChI is InChI=1S/C25H26ClFN2O5S/c1-4-17(2)29(25(30)28-21-7-5-6-19(26)15-21)16-18-8-13-23(33-3)24(14-18)34-35(31,32)22-11-9-20(27)10-12-22/h5-15,17H,4,16H2,1-3H3,(H,28,30). The van der Waals surface area contributed by atoms with Crippen LogP contribution in [0.5, 0.6) is 11.5 Å². The summed E-state index contributed by atoms with van der Waals surface area (Å²) < 4.78 is 49.2. The van der Waals surface area contributed by atoms with Gasteiger partial charge in [0, 0.05) is 23.3 Å². The molecule has 3 aromatic rings. The van der Waals surface area contributed by atoms with Crippen LogP contribution in [0.4, 0.5) is 14.9 Å². The first-order chi connectivity index (χ1) is 16.6. The molecular formula is C25H26ClFN2O5S. The third kappa shape index (κ3) is 6.86. The van der Waals surface area contributed by atoms with Crippen molar-refractivity contribution in [3.05, 3.63) is 83.1 Å². The van der Waals surface area contributed by atoms with Gasteiger partial charge in [0.15, 0.2) is 11.5 Å². The number of methoxy groups -OCH3 is 1. The van der Waals surface area contributed by atoms with Crippen molar-refractivity contribution in [2.75, 3.05) is 12.4 Å². The average Bonchev–Trinajstić information content (AvgIpc) is 2.82. The minimum Gasteiger partial charge on any atom is -0.493 e. The molecule has 7 nitrogen and oxygen atoms in total. The molecule has 0 fully saturated rings. The molecule has 0 heterocycles. The Balaban J connectivity index is 1.86. The Morgan fingerprint density at radius 2 is 1.80 bits per heavy atom. The quantitative estimate of drug-likeness (QED) is 0.345. The molecule has 1 atom stereocenters. The molecule has 0 aliphatic heterocycles. The molecule has 1 N–H and O–H groups in total. The van der Waals surface area contributed by atoms with Gasteiger partial charge in [-0.1, -0.05) is 30.7 Å². The summed E-state index contributed by atoms with van der Waals surface area (Å²) in [6, 6.07) is 15.5. The number of carbonyl (C=O) groups is 1. The molecule has 0 radical (unpaired) electrons. The number of hydrogen-bond acceptors (Lipinski definition) is 5. The lowest BCUT2D eigenvalue weighted by Gasteiger charge is -2.29. The van der Waals surface area contributed by atoms with Crippen LogP contribution in [0.2, 0.25) is 5.02 Å². The fourth-order valence-corrected chi connectivity index (χ4v) is 4.38. The fourth-order valence-electron chi connectivity index (χ4n) is 3.26. The van der Waals surface area contributed by atoms with E-state index < -0.39 is 15.9 Å². The summed E-state index contributed by atoms with van der Waals surface area (Å²) in [4.78, 5) is 14.5. The van der Waals surface area contributed by atoms with Crippen molar-refractivity contribution in [2.45, 2.75) is 37.8 Å². The lowest BCUT2D eigenvalue weighted by Crippen LogP contribution is -2.40. The van der Waals surface area contributed by atoms with Crippen molar-refractivity contribution in [2.24, 2.45) is 0 Å². The average molecular weight is 521 g/mol. The molecule has 3 rings (SSSR count). The highest BCUT2D eigenvalue weighted by molar-refractivity contribution is 7.87. The Hall–Kier alpha value is -3.30. The maximum Gasteiger partial charge on any atom is 0.339 e. The molecule has 35 heavy (non-hydrogen) atoms. The van der Waals surface area contributed by atoms with E-state index in [1.165, 1.54) is 13.2 Å². The van der Waals surface area contributed by atoms with E-state index in [0.717, 1.165) is 24.3 Å². The predicted molar refractivity (Wildman–Crippen MR) is 133 cm³/mol. The van der Waals surface area contributed by atoms with Crippen LogP contribution in [0.25, 0.3) is 0 Å². The number of ether oxygens (including phenoxy) is 1. The van der Waals surface area contributed by atoms with Gasteiger partial charge in [0.05, 0.1) is 7.11 Å². The van der Waals surface area contributed by atoms with Crippen molar-refractivity contribution in [3.63, 3.8) is 0 Å². The lowest BCUT2D eigenvalue weighted by atomic mass is 10.1. The van der Waals surface area contributed by atoms with E-state index in [2.05, 4.69) is 5.32 Å². The molecule has 0 saturated heterocycles. The number of amides is 2. The van der Waals surface area contributed by atoms with Gasteiger partial charge in [-0.15, -0.1) is 0 Å². The summed E-state index contributed by atoms with van der Waals surface area (Å²) in [5.41, 5.74) is 1.18. The van der Waals surface area contributed by atoms with Crippen LogP contribution in [-0.2, 0) is 16.7 Å². The van der Waals surface area contributed by atoms with Crippen molar-refractivity contribution in [3.8, 4) is 11.5 Å². The van der Waals surface area contributed by atoms with E-state index in [1.807, 2.05) is 13.8 Å². The monoisotopic (exact) mass is 520 g/mol. The highest BCUT2D eigenvalue weighted by Gasteiger charge is 2.23. The van der Waals surface area contributed by atoms with Crippen molar-refractivity contribution >= 4 is 33.4 Å². The van der Waals surface area contributed by atoms with Crippen LogP contribution in [0.15, 0.2) is 71.6 Å². The number of urea groups is 1. The second kappa shape index (κ2) is 11.4. The second-order valence-corrected chi connectivity index (χ2v) is 9.79. The van der Waals surface area contributed by atoms with Crippen molar-refractivity contribution in [1.29, 1.82) is 0 Å². The summed E-state index contributed by atoms with van der Waals surface area (Å²) in [6.07, 6.45) is 0.696. The lowest BCUT2D eigenvalue weighted by molar-refractivity contribution is 0.187. The van der Waals surface area contributed by atoms with Gasteiger partial charge in [-0.3, -0.25) is 0 Å². The topological polar surface area (TPSA) is 84.9 Å². The molecule has 186 valence electrons. The summed E-state index contributed by atoms with van der Waals surface area (Å²) in [5.74, 6) is -0.420. The third-order valence-corrected chi connectivity index (χ3v) is 6.83. The summed E-state index contributed by atoms with van der Waals surface area (Å²) in [5, 5.41) is 3.34. The van der Waals surface area contributed by atoms with E-state index >= 15 is 0 Å². The normalized spacial score (nSPS) is 12.0. The van der Waals surface area contributed by atoms with Crippen LogP contribution in [0.1, 0.15) is 25.8 Å². The maximum absolute atomic E-state index is 13.2. The maximum atomic E-state index is 13.2. The van der Waals surface area contributed by atoms with Crippen LogP contribution >= 0.6 is 11.6 Å². The van der Waals surface area contributed by atoms with Gasteiger partial charge in [0.25, 0.3) is 0 Å². The van der Waals surface area contributed by atoms with Gasteiger partial charge in [-0.25, -0.2) is 9.18 Å². The number of anilines is 1. The molecule has 1 unspecified atom stereocenters. The van der Waals surface area contributed by atoms with E-state index in [0.29, 0.717) is 22.7 Å². The number of nitrogens with one attached hydrogen (secondary N) is 1. The molecule has 0 aliphatic carbocycles. The first kappa shape index (κ1) is 26.3. The first-order valence-corrected chi connectivity index (χ1v) is 12.6. The molecule has 3 aromatic carbocycles. The van der Waals surface area contributed by atoms with E-state index in [-0.39, 0.29) is 35.0 Å². The summed E-state index contributed by atoms with van der Waals surface area (Å²) >= 11 is 6.02. The number of benzene rings is 3. The van der Waals surface area contributed by atoms with Gasteiger partial charge in [0.2, 0.25) is 0 Å². The Kier molecular flexibility index (Phi) is 8.58. The predicted octanol–water partition coefficient (Wildman–Crippen LogP) is 6.09. The van der Waals surface area contributed by atoms with Crippen LogP contribution < -0.4 is 14.2 Å². The minimum atomic E-state index is -4.24. The van der Waals surface area contributed by atoms with Gasteiger partial charge in [-0.2, -0.15) is 8.42 Å². The van der Waals surface area contributed by atoms with Crippen LogP contribution in [0, 0.1) is 5.82 Å². The van der Waals surface area contributed by atoms with E-state index in [4.69, 9.17) is 20.5 Å². The molecule has 0 bridgehead atoms. The van der Waals surface area contributed by atoms with Crippen LogP contribution in [0.3, 0.4) is 0 Å². The zero-order valence-corrected chi connectivity index (χ0v) is 21.1. The number of halogens is 2. The third-order valence-electron chi connectivity index (χ3n) is 5.34. The van der Waals surface area contributed by atoms with Gasteiger partial charge in [0.1, 0.15) is 10.7 Å². The Morgan fingerprint density at radius 1 is 1.09 bits per heavy atom. The van der Waals surface area contributed by atoms with Crippen LogP contribution in [-0.4, -0.2) is 32.5 Å². The zero-order chi connectivity index (χ0) is 25.6. The molecule has 0 aromatic heterocycles. The van der Waals surface area contributed by atoms with Gasteiger partial charge >= 0.3 is 16.1 Å².